The van der Waals surface area contributed by atoms with Crippen molar-refractivity contribution >= 4 is 21.4 Å². The summed E-state index contributed by atoms with van der Waals surface area (Å²) in [5.74, 6) is 0.0526. The normalized spacial score (nSPS) is 28.4. The Morgan fingerprint density at radius 2 is 2.05 bits per heavy atom. The highest BCUT2D eigenvalue weighted by Crippen LogP contribution is 2.30. The molecule has 0 saturated carbocycles. The maximum atomic E-state index is 13.7. The van der Waals surface area contributed by atoms with Crippen molar-refractivity contribution in [1.29, 1.82) is 0 Å². The number of nitrogens with zero attached hydrogens (tertiary/aromatic N) is 1. The minimum atomic E-state index is -3.48. The summed E-state index contributed by atoms with van der Waals surface area (Å²) in [5, 5.41) is 3.43. The highest BCUT2D eigenvalue weighted by molar-refractivity contribution is 7.92. The first-order valence-corrected chi connectivity index (χ1v) is 9.06. The van der Waals surface area contributed by atoms with Gasteiger partial charge >= 0.3 is 0 Å². The van der Waals surface area contributed by atoms with Gasteiger partial charge in [-0.05, 0) is 43.5 Å². The predicted molar refractivity (Wildman–Crippen MR) is 81.4 cm³/mol. The SMILES string of the molecule is CS(=O)(=O)Nc1cc(NC2CCN3CCC2C3)ccc1F. The third-order valence-corrected chi connectivity index (χ3v) is 4.84. The van der Waals surface area contributed by atoms with Gasteiger partial charge in [0.25, 0.3) is 0 Å². The van der Waals surface area contributed by atoms with Crippen LogP contribution in [0.5, 0.6) is 0 Å². The molecule has 116 valence electrons. The molecule has 2 bridgehead atoms. The first-order valence-electron chi connectivity index (χ1n) is 7.17. The fourth-order valence-electron chi connectivity index (χ4n) is 3.25. The summed E-state index contributed by atoms with van der Waals surface area (Å²) in [6.07, 6.45) is 3.27. The van der Waals surface area contributed by atoms with E-state index in [1.807, 2.05) is 0 Å². The van der Waals surface area contributed by atoms with Crippen LogP contribution in [0.25, 0.3) is 0 Å². The van der Waals surface area contributed by atoms with E-state index < -0.39 is 15.8 Å². The van der Waals surface area contributed by atoms with Gasteiger partial charge in [-0.25, -0.2) is 12.8 Å². The van der Waals surface area contributed by atoms with Crippen molar-refractivity contribution in [2.75, 3.05) is 35.9 Å². The van der Waals surface area contributed by atoms with Crippen LogP contribution in [-0.2, 0) is 10.0 Å². The highest BCUT2D eigenvalue weighted by Gasteiger charge is 2.34. The van der Waals surface area contributed by atoms with Crippen LogP contribution in [0, 0.1) is 11.7 Å². The lowest BCUT2D eigenvalue weighted by Crippen LogP contribution is -2.39. The quantitative estimate of drug-likeness (QED) is 0.888. The molecule has 21 heavy (non-hydrogen) atoms. The van der Waals surface area contributed by atoms with Crippen LogP contribution < -0.4 is 10.0 Å². The zero-order valence-electron chi connectivity index (χ0n) is 12.0. The summed E-state index contributed by atoms with van der Waals surface area (Å²) in [6, 6.07) is 4.85. The summed E-state index contributed by atoms with van der Waals surface area (Å²) in [6.45, 7) is 3.37. The second kappa shape index (κ2) is 5.46. The molecule has 3 atom stereocenters. The van der Waals surface area contributed by atoms with Crippen LogP contribution in [0.3, 0.4) is 0 Å². The number of halogens is 1. The third kappa shape index (κ3) is 3.47. The molecule has 0 aliphatic carbocycles. The number of piperidine rings is 1. The van der Waals surface area contributed by atoms with Gasteiger partial charge in [-0.1, -0.05) is 0 Å². The van der Waals surface area contributed by atoms with Gasteiger partial charge in [-0.3, -0.25) is 4.72 Å². The molecule has 0 aromatic heterocycles. The molecule has 5 nitrogen and oxygen atoms in total. The Hall–Kier alpha value is -1.34. The van der Waals surface area contributed by atoms with Gasteiger partial charge in [0.2, 0.25) is 10.0 Å². The maximum absolute atomic E-state index is 13.7. The van der Waals surface area contributed by atoms with Gasteiger partial charge in [0.1, 0.15) is 5.82 Å². The van der Waals surface area contributed by atoms with Crippen molar-refractivity contribution < 1.29 is 12.8 Å². The van der Waals surface area contributed by atoms with Crippen molar-refractivity contribution in [1.82, 2.24) is 4.90 Å². The lowest BCUT2D eigenvalue weighted by Gasteiger charge is -2.31. The Kier molecular flexibility index (Phi) is 3.79. The van der Waals surface area contributed by atoms with Crippen LogP contribution in [-0.4, -0.2) is 45.2 Å². The molecule has 3 unspecified atom stereocenters. The molecule has 0 amide bonds. The number of sulfonamides is 1. The standard InChI is InChI=1S/C14H20FN3O2S/c1-21(19,20)17-14-8-11(2-3-12(14)15)16-13-5-7-18-6-4-10(13)9-18/h2-3,8,10,13,16-17H,4-7,9H2,1H3. The Morgan fingerprint density at radius 1 is 1.29 bits per heavy atom. The summed E-state index contributed by atoms with van der Waals surface area (Å²) in [4.78, 5) is 2.46. The molecule has 0 spiro atoms. The zero-order chi connectivity index (χ0) is 15.0. The summed E-state index contributed by atoms with van der Waals surface area (Å²) in [5.41, 5.74) is 0.749. The van der Waals surface area contributed by atoms with Gasteiger partial charge in [-0.15, -0.1) is 0 Å². The topological polar surface area (TPSA) is 61.4 Å². The molecule has 2 saturated heterocycles. The Labute approximate surface area is 124 Å². The summed E-state index contributed by atoms with van der Waals surface area (Å²) >= 11 is 0. The monoisotopic (exact) mass is 313 g/mol. The van der Waals surface area contributed by atoms with Gasteiger partial charge in [0.05, 0.1) is 11.9 Å². The van der Waals surface area contributed by atoms with Gasteiger partial charge in [0, 0.05) is 24.8 Å². The minimum Gasteiger partial charge on any atom is -0.382 e. The van der Waals surface area contributed by atoms with Gasteiger partial charge in [-0.2, -0.15) is 0 Å². The molecule has 2 N–H and O–H groups in total. The third-order valence-electron chi connectivity index (χ3n) is 4.25. The second-order valence-corrected chi connectivity index (χ2v) is 7.71. The first-order chi connectivity index (χ1) is 9.90. The number of anilines is 2. The lowest BCUT2D eigenvalue weighted by atomic mass is 9.94. The average Bonchev–Trinajstić information content (AvgIpc) is 2.78. The Morgan fingerprint density at radius 3 is 2.81 bits per heavy atom. The van der Waals surface area contributed by atoms with E-state index in [1.165, 1.54) is 18.6 Å². The highest BCUT2D eigenvalue weighted by atomic mass is 32.2. The van der Waals surface area contributed by atoms with Crippen molar-refractivity contribution in [3.8, 4) is 0 Å². The zero-order valence-corrected chi connectivity index (χ0v) is 12.8. The van der Waals surface area contributed by atoms with E-state index in [4.69, 9.17) is 0 Å². The minimum absolute atomic E-state index is 0.00800. The van der Waals surface area contributed by atoms with E-state index >= 15 is 0 Å². The summed E-state index contributed by atoms with van der Waals surface area (Å²) in [7, 11) is -3.48. The number of fused-ring (bicyclic) bond motifs is 2. The maximum Gasteiger partial charge on any atom is 0.229 e. The predicted octanol–water partition coefficient (Wildman–Crippen LogP) is 1.70. The molecule has 3 rings (SSSR count). The van der Waals surface area contributed by atoms with Crippen molar-refractivity contribution in [2.24, 2.45) is 5.92 Å². The van der Waals surface area contributed by atoms with Crippen molar-refractivity contribution in [3.05, 3.63) is 24.0 Å². The van der Waals surface area contributed by atoms with E-state index in [9.17, 15) is 12.8 Å². The van der Waals surface area contributed by atoms with Crippen LogP contribution in [0.4, 0.5) is 15.8 Å². The van der Waals surface area contributed by atoms with Crippen molar-refractivity contribution in [3.63, 3.8) is 0 Å². The molecule has 0 radical (unpaired) electrons. The molecule has 2 aliphatic heterocycles. The lowest BCUT2D eigenvalue weighted by molar-refractivity contribution is 0.255. The van der Waals surface area contributed by atoms with Gasteiger partial charge < -0.3 is 10.2 Å². The fraction of sp³-hybridized carbons (Fsp3) is 0.571. The average molecular weight is 313 g/mol. The van der Waals surface area contributed by atoms with E-state index in [1.54, 1.807) is 6.07 Å². The molecule has 1 aromatic rings. The number of benzene rings is 1. The Bertz CT molecular complexity index is 635. The van der Waals surface area contributed by atoms with Crippen molar-refractivity contribution in [2.45, 2.75) is 18.9 Å². The number of hydrogen-bond acceptors (Lipinski definition) is 4. The van der Waals surface area contributed by atoms with Crippen LogP contribution >= 0.6 is 0 Å². The van der Waals surface area contributed by atoms with E-state index in [0.717, 1.165) is 38.0 Å². The smallest absolute Gasteiger partial charge is 0.229 e. The van der Waals surface area contributed by atoms with Crippen LogP contribution in [0.2, 0.25) is 0 Å². The fourth-order valence-corrected chi connectivity index (χ4v) is 3.80. The van der Waals surface area contributed by atoms with Crippen LogP contribution in [0.15, 0.2) is 18.2 Å². The molecule has 2 fully saturated rings. The van der Waals surface area contributed by atoms with Gasteiger partial charge in [0.15, 0.2) is 0 Å². The molecular formula is C14H20FN3O2S. The molecule has 7 heteroatoms. The number of nitrogens with one attached hydrogen (secondary N) is 2. The van der Waals surface area contributed by atoms with E-state index in [-0.39, 0.29) is 5.69 Å². The molecule has 1 aromatic carbocycles. The molecule has 2 heterocycles. The van der Waals surface area contributed by atoms with E-state index in [0.29, 0.717) is 12.0 Å². The first kappa shape index (κ1) is 14.6. The molecule has 2 aliphatic rings. The molecular weight excluding hydrogens is 293 g/mol. The van der Waals surface area contributed by atoms with Crippen LogP contribution in [0.1, 0.15) is 12.8 Å². The number of hydrogen-bond donors (Lipinski definition) is 2. The largest absolute Gasteiger partial charge is 0.382 e. The summed E-state index contributed by atoms with van der Waals surface area (Å²) < 4.78 is 38.4. The Balaban J connectivity index is 1.75. The second-order valence-electron chi connectivity index (χ2n) is 5.96. The number of rotatable bonds is 4. The van der Waals surface area contributed by atoms with E-state index in [2.05, 4.69) is 14.9 Å².